The zero-order chi connectivity index (χ0) is 12.4. The highest BCUT2D eigenvalue weighted by Crippen LogP contribution is 2.24. The van der Waals surface area contributed by atoms with Crippen LogP contribution in [0.15, 0.2) is 18.2 Å². The van der Waals surface area contributed by atoms with Gasteiger partial charge in [-0.3, -0.25) is 0 Å². The van der Waals surface area contributed by atoms with Gasteiger partial charge in [0.2, 0.25) is 5.28 Å². The maximum absolute atomic E-state index is 13.6. The molecule has 1 aromatic carbocycles. The molecular weight excluding hydrogens is 268 g/mol. The SMILES string of the molecule is COc1nc(Cl)nc(-c2ccc(Cl)cc2F)n1. The van der Waals surface area contributed by atoms with Crippen LogP contribution in [0.4, 0.5) is 4.39 Å². The second-order valence-corrected chi connectivity index (χ2v) is 3.81. The summed E-state index contributed by atoms with van der Waals surface area (Å²) in [4.78, 5) is 11.4. The fourth-order valence-corrected chi connectivity index (χ4v) is 1.53. The molecule has 17 heavy (non-hydrogen) atoms. The molecular formula is C10H6Cl2FN3O. The van der Waals surface area contributed by atoms with E-state index >= 15 is 0 Å². The topological polar surface area (TPSA) is 47.9 Å². The van der Waals surface area contributed by atoms with Gasteiger partial charge in [-0.15, -0.1) is 0 Å². The monoisotopic (exact) mass is 273 g/mol. The average molecular weight is 274 g/mol. The van der Waals surface area contributed by atoms with Gasteiger partial charge in [0.05, 0.1) is 12.7 Å². The number of ether oxygens (including phenoxy) is 1. The summed E-state index contributed by atoms with van der Waals surface area (Å²) in [5, 5.41) is 0.222. The Morgan fingerprint density at radius 1 is 1.18 bits per heavy atom. The number of nitrogens with zero attached hydrogens (tertiary/aromatic N) is 3. The van der Waals surface area contributed by atoms with E-state index in [1.807, 2.05) is 0 Å². The Bertz CT molecular complexity index is 565. The Morgan fingerprint density at radius 3 is 2.59 bits per heavy atom. The molecule has 0 amide bonds. The predicted octanol–water partition coefficient (Wildman–Crippen LogP) is 2.99. The van der Waals surface area contributed by atoms with Gasteiger partial charge in [0.25, 0.3) is 0 Å². The van der Waals surface area contributed by atoms with Crippen LogP contribution in [-0.2, 0) is 0 Å². The van der Waals surface area contributed by atoms with Crippen molar-refractivity contribution in [3.8, 4) is 17.4 Å². The van der Waals surface area contributed by atoms with E-state index in [0.717, 1.165) is 0 Å². The van der Waals surface area contributed by atoms with Crippen molar-refractivity contribution in [2.75, 3.05) is 7.11 Å². The molecule has 0 aliphatic heterocycles. The van der Waals surface area contributed by atoms with Crippen molar-refractivity contribution >= 4 is 23.2 Å². The Morgan fingerprint density at radius 2 is 1.94 bits per heavy atom. The molecule has 2 rings (SSSR count). The number of methoxy groups -OCH3 is 1. The van der Waals surface area contributed by atoms with Crippen molar-refractivity contribution in [3.63, 3.8) is 0 Å². The quantitative estimate of drug-likeness (QED) is 0.844. The van der Waals surface area contributed by atoms with Crippen molar-refractivity contribution in [2.24, 2.45) is 0 Å². The fraction of sp³-hybridized carbons (Fsp3) is 0.100. The van der Waals surface area contributed by atoms with E-state index in [-0.39, 0.29) is 22.7 Å². The summed E-state index contributed by atoms with van der Waals surface area (Å²) in [7, 11) is 1.38. The Labute approximate surface area is 106 Å². The Hall–Kier alpha value is -1.46. The molecule has 0 bridgehead atoms. The van der Waals surface area contributed by atoms with Gasteiger partial charge in [0.15, 0.2) is 5.82 Å². The molecule has 0 aliphatic rings. The highest BCUT2D eigenvalue weighted by atomic mass is 35.5. The zero-order valence-corrected chi connectivity index (χ0v) is 10.1. The highest BCUT2D eigenvalue weighted by Gasteiger charge is 2.12. The molecule has 2 aromatic rings. The van der Waals surface area contributed by atoms with Crippen LogP contribution in [0.3, 0.4) is 0 Å². The van der Waals surface area contributed by atoms with Crippen molar-refractivity contribution in [1.29, 1.82) is 0 Å². The van der Waals surface area contributed by atoms with Crippen molar-refractivity contribution in [2.45, 2.75) is 0 Å². The highest BCUT2D eigenvalue weighted by molar-refractivity contribution is 6.30. The van der Waals surface area contributed by atoms with Gasteiger partial charge in [0, 0.05) is 5.02 Å². The van der Waals surface area contributed by atoms with Gasteiger partial charge in [0.1, 0.15) is 5.82 Å². The Kier molecular flexibility index (Phi) is 3.40. The van der Waals surface area contributed by atoms with Crippen molar-refractivity contribution in [1.82, 2.24) is 15.0 Å². The van der Waals surface area contributed by atoms with Crippen LogP contribution in [-0.4, -0.2) is 22.1 Å². The van der Waals surface area contributed by atoms with Crippen LogP contribution in [0.25, 0.3) is 11.4 Å². The molecule has 0 saturated heterocycles. The molecule has 4 nitrogen and oxygen atoms in total. The van der Waals surface area contributed by atoms with E-state index in [9.17, 15) is 4.39 Å². The smallest absolute Gasteiger partial charge is 0.321 e. The third kappa shape index (κ3) is 2.62. The van der Waals surface area contributed by atoms with E-state index in [1.54, 1.807) is 0 Å². The van der Waals surface area contributed by atoms with E-state index < -0.39 is 5.82 Å². The maximum Gasteiger partial charge on any atom is 0.321 e. The van der Waals surface area contributed by atoms with E-state index in [1.165, 1.54) is 25.3 Å². The van der Waals surface area contributed by atoms with Gasteiger partial charge in [-0.1, -0.05) is 11.6 Å². The lowest BCUT2D eigenvalue weighted by Crippen LogP contribution is -1.99. The van der Waals surface area contributed by atoms with Crippen molar-refractivity contribution in [3.05, 3.63) is 34.3 Å². The first kappa shape index (κ1) is 12.0. The summed E-state index contributed by atoms with van der Waals surface area (Å²) in [5.74, 6) is -0.446. The minimum Gasteiger partial charge on any atom is -0.467 e. The summed E-state index contributed by atoms with van der Waals surface area (Å²) in [6.07, 6.45) is 0. The number of aromatic nitrogens is 3. The first-order valence-electron chi connectivity index (χ1n) is 4.51. The third-order valence-corrected chi connectivity index (χ3v) is 2.35. The molecule has 0 fully saturated rings. The van der Waals surface area contributed by atoms with Gasteiger partial charge >= 0.3 is 6.01 Å². The van der Waals surface area contributed by atoms with E-state index in [2.05, 4.69) is 15.0 Å². The molecule has 0 atom stereocenters. The number of benzene rings is 1. The molecule has 1 aromatic heterocycles. The van der Waals surface area contributed by atoms with Crippen LogP contribution in [0.5, 0.6) is 6.01 Å². The molecule has 88 valence electrons. The summed E-state index contributed by atoms with van der Waals surface area (Å²) in [5.41, 5.74) is 0.178. The molecule has 7 heteroatoms. The standard InChI is InChI=1S/C10H6Cl2FN3O/c1-17-10-15-8(14-9(12)16-10)6-3-2-5(11)4-7(6)13/h2-4H,1H3. The van der Waals surface area contributed by atoms with Crippen LogP contribution in [0.1, 0.15) is 0 Å². The first-order valence-corrected chi connectivity index (χ1v) is 5.26. The van der Waals surface area contributed by atoms with Crippen LogP contribution >= 0.6 is 23.2 Å². The largest absolute Gasteiger partial charge is 0.467 e. The number of hydrogen-bond donors (Lipinski definition) is 0. The lowest BCUT2D eigenvalue weighted by atomic mass is 10.2. The summed E-state index contributed by atoms with van der Waals surface area (Å²) in [6, 6.07) is 4.18. The van der Waals surface area contributed by atoms with E-state index in [0.29, 0.717) is 5.02 Å². The maximum atomic E-state index is 13.6. The number of rotatable bonds is 2. The summed E-state index contributed by atoms with van der Waals surface area (Å²) >= 11 is 11.3. The molecule has 0 radical (unpaired) electrons. The Balaban J connectivity index is 2.55. The predicted molar refractivity (Wildman–Crippen MR) is 61.8 cm³/mol. The van der Waals surface area contributed by atoms with Crippen molar-refractivity contribution < 1.29 is 9.13 Å². The number of halogens is 3. The van der Waals surface area contributed by atoms with Gasteiger partial charge in [-0.2, -0.15) is 15.0 Å². The third-order valence-electron chi connectivity index (χ3n) is 1.94. The summed E-state index contributed by atoms with van der Waals surface area (Å²) in [6.45, 7) is 0. The van der Waals surface area contributed by atoms with Gasteiger partial charge in [-0.25, -0.2) is 4.39 Å². The number of hydrogen-bond acceptors (Lipinski definition) is 4. The average Bonchev–Trinajstić information content (AvgIpc) is 2.28. The van der Waals surface area contributed by atoms with Gasteiger partial charge in [-0.05, 0) is 29.8 Å². The van der Waals surface area contributed by atoms with Crippen LogP contribution < -0.4 is 4.74 Å². The second kappa shape index (κ2) is 4.81. The van der Waals surface area contributed by atoms with E-state index in [4.69, 9.17) is 27.9 Å². The molecule has 0 unspecified atom stereocenters. The molecule has 0 saturated carbocycles. The minimum atomic E-state index is -0.540. The molecule has 1 heterocycles. The molecule has 0 aliphatic carbocycles. The normalized spacial score (nSPS) is 10.4. The first-order chi connectivity index (χ1) is 8.10. The van der Waals surface area contributed by atoms with Gasteiger partial charge < -0.3 is 4.74 Å². The fourth-order valence-electron chi connectivity index (χ4n) is 1.21. The lowest BCUT2D eigenvalue weighted by molar-refractivity contribution is 0.378. The lowest BCUT2D eigenvalue weighted by Gasteiger charge is -2.04. The minimum absolute atomic E-state index is 0.0225. The summed E-state index contributed by atoms with van der Waals surface area (Å²) < 4.78 is 18.5. The second-order valence-electron chi connectivity index (χ2n) is 3.04. The van der Waals surface area contributed by atoms with Crippen LogP contribution in [0, 0.1) is 5.82 Å². The van der Waals surface area contributed by atoms with Crippen LogP contribution in [0.2, 0.25) is 10.3 Å². The zero-order valence-electron chi connectivity index (χ0n) is 8.62. The molecule has 0 N–H and O–H groups in total. The molecule has 0 spiro atoms.